The van der Waals surface area contributed by atoms with Crippen molar-refractivity contribution in [3.8, 4) is 17.2 Å². The summed E-state index contributed by atoms with van der Waals surface area (Å²) >= 11 is 0. The molecule has 0 unspecified atom stereocenters. The van der Waals surface area contributed by atoms with Gasteiger partial charge in [-0.2, -0.15) is 0 Å². The van der Waals surface area contributed by atoms with Crippen molar-refractivity contribution >= 4 is 11.6 Å². The Morgan fingerprint density at radius 2 is 1.88 bits per heavy atom. The van der Waals surface area contributed by atoms with Gasteiger partial charge in [0.15, 0.2) is 11.5 Å². The Morgan fingerprint density at radius 3 is 2.66 bits per heavy atom. The topological polar surface area (TPSA) is 82.8 Å². The third kappa shape index (κ3) is 4.02. The van der Waals surface area contributed by atoms with Crippen molar-refractivity contribution in [1.29, 1.82) is 0 Å². The molecule has 32 heavy (non-hydrogen) atoms. The second-order valence-corrected chi connectivity index (χ2v) is 8.41. The van der Waals surface area contributed by atoms with E-state index < -0.39 is 5.79 Å². The van der Waals surface area contributed by atoms with Crippen molar-refractivity contribution in [3.05, 3.63) is 65.0 Å². The molecule has 1 aromatic heterocycles. The fourth-order valence-electron chi connectivity index (χ4n) is 4.26. The number of benzene rings is 2. The van der Waals surface area contributed by atoms with Gasteiger partial charge >= 0.3 is 0 Å². The summed E-state index contributed by atoms with van der Waals surface area (Å²) in [6, 6.07) is 12.6. The number of hydrogen-bond donors (Lipinski definition) is 1. The Labute approximate surface area is 186 Å². The molecule has 7 heteroatoms. The van der Waals surface area contributed by atoms with Crippen LogP contribution < -0.4 is 19.5 Å². The van der Waals surface area contributed by atoms with Crippen LogP contribution in [0, 0.1) is 13.8 Å². The minimum atomic E-state index is -0.532. The predicted octanol–water partition coefficient (Wildman–Crippen LogP) is 5.55. The van der Waals surface area contributed by atoms with E-state index in [1.54, 1.807) is 18.2 Å². The number of ether oxygens (including phenoxy) is 3. The van der Waals surface area contributed by atoms with Crippen LogP contribution in [0.4, 0.5) is 5.69 Å². The number of carbonyl (C=O) groups excluding carboxylic acids is 1. The highest BCUT2D eigenvalue weighted by Crippen LogP contribution is 2.46. The fourth-order valence-corrected chi connectivity index (χ4v) is 4.26. The maximum atomic E-state index is 12.8. The number of hydrogen-bond acceptors (Lipinski definition) is 6. The summed E-state index contributed by atoms with van der Waals surface area (Å²) < 4.78 is 23.3. The zero-order valence-corrected chi connectivity index (χ0v) is 18.3. The standard InChI is InChI=1S/C25H26N2O5/c1-16-21(17(2)32-27-16)15-29-20-8-6-7-18(13-20)24(28)26-19-9-10-22-23(14-19)31-25(30-22)11-4-3-5-12-25/h6-10,13-14H,3-5,11-12,15H2,1-2H3,(H,26,28). The number of aryl methyl sites for hydroxylation is 2. The Balaban J connectivity index is 1.25. The van der Waals surface area contributed by atoms with Crippen LogP contribution in [0.15, 0.2) is 47.0 Å². The van der Waals surface area contributed by atoms with Gasteiger partial charge in [0.2, 0.25) is 0 Å². The summed E-state index contributed by atoms with van der Waals surface area (Å²) in [5.74, 6) is 1.99. The molecular weight excluding hydrogens is 408 g/mol. The molecule has 0 saturated heterocycles. The molecule has 2 heterocycles. The maximum Gasteiger partial charge on any atom is 0.255 e. The summed E-state index contributed by atoms with van der Waals surface area (Å²) in [6.45, 7) is 4.06. The number of aromatic nitrogens is 1. The predicted molar refractivity (Wildman–Crippen MR) is 118 cm³/mol. The van der Waals surface area contributed by atoms with Crippen LogP contribution >= 0.6 is 0 Å². The molecule has 0 radical (unpaired) electrons. The molecule has 1 aliphatic carbocycles. The lowest BCUT2D eigenvalue weighted by molar-refractivity contribution is -0.105. The van der Waals surface area contributed by atoms with Crippen molar-refractivity contribution < 1.29 is 23.5 Å². The summed E-state index contributed by atoms with van der Waals surface area (Å²) in [4.78, 5) is 12.8. The summed E-state index contributed by atoms with van der Waals surface area (Å²) in [5.41, 5.74) is 2.88. The molecule has 1 fully saturated rings. The highest BCUT2D eigenvalue weighted by Gasteiger charge is 2.42. The van der Waals surface area contributed by atoms with Crippen molar-refractivity contribution in [2.45, 2.75) is 58.3 Å². The van der Waals surface area contributed by atoms with E-state index in [9.17, 15) is 4.79 Å². The van der Waals surface area contributed by atoms with Gasteiger partial charge in [-0.1, -0.05) is 17.6 Å². The number of amides is 1. The van der Waals surface area contributed by atoms with Gasteiger partial charge in [0.1, 0.15) is 18.1 Å². The molecule has 1 saturated carbocycles. The lowest BCUT2D eigenvalue weighted by atomic mass is 9.94. The first-order chi connectivity index (χ1) is 15.5. The normalized spacial score (nSPS) is 16.2. The Hall–Kier alpha value is -3.48. The number of anilines is 1. The molecule has 7 nitrogen and oxygen atoms in total. The van der Waals surface area contributed by atoms with E-state index in [1.807, 2.05) is 38.1 Å². The smallest absolute Gasteiger partial charge is 0.255 e. The van der Waals surface area contributed by atoms with Gasteiger partial charge in [-0.25, -0.2) is 0 Å². The molecule has 2 aliphatic rings. The molecular formula is C25H26N2O5. The Bertz CT molecular complexity index is 1130. The SMILES string of the molecule is Cc1noc(C)c1COc1cccc(C(=O)Nc2ccc3c(c2)OC2(CCCCC2)O3)c1. The van der Waals surface area contributed by atoms with Gasteiger partial charge in [0.05, 0.1) is 11.3 Å². The summed E-state index contributed by atoms with van der Waals surface area (Å²) in [7, 11) is 0. The van der Waals surface area contributed by atoms with E-state index in [0.29, 0.717) is 29.4 Å². The van der Waals surface area contributed by atoms with E-state index in [0.717, 1.165) is 48.5 Å². The molecule has 1 aliphatic heterocycles. The van der Waals surface area contributed by atoms with E-state index in [4.69, 9.17) is 18.7 Å². The lowest BCUT2D eigenvalue weighted by Gasteiger charge is -2.31. The van der Waals surface area contributed by atoms with Gasteiger partial charge in [0, 0.05) is 30.2 Å². The van der Waals surface area contributed by atoms with Crippen LogP contribution in [-0.4, -0.2) is 16.9 Å². The largest absolute Gasteiger partial charge is 0.489 e. The zero-order valence-electron chi connectivity index (χ0n) is 18.3. The molecule has 1 amide bonds. The average molecular weight is 434 g/mol. The molecule has 2 aromatic carbocycles. The second-order valence-electron chi connectivity index (χ2n) is 8.41. The lowest BCUT2D eigenvalue weighted by Crippen LogP contribution is -2.40. The molecule has 3 aromatic rings. The van der Waals surface area contributed by atoms with Gasteiger partial charge < -0.3 is 24.1 Å². The monoisotopic (exact) mass is 434 g/mol. The van der Waals surface area contributed by atoms with Crippen LogP contribution in [0.25, 0.3) is 0 Å². The van der Waals surface area contributed by atoms with E-state index in [1.165, 1.54) is 6.42 Å². The van der Waals surface area contributed by atoms with Crippen molar-refractivity contribution in [1.82, 2.24) is 5.16 Å². The van der Waals surface area contributed by atoms with Crippen molar-refractivity contribution in [3.63, 3.8) is 0 Å². The molecule has 1 spiro atoms. The van der Waals surface area contributed by atoms with Crippen LogP contribution in [0.1, 0.15) is 59.5 Å². The molecule has 1 N–H and O–H groups in total. The molecule has 0 atom stereocenters. The van der Waals surface area contributed by atoms with Crippen molar-refractivity contribution in [2.75, 3.05) is 5.32 Å². The van der Waals surface area contributed by atoms with Crippen molar-refractivity contribution in [2.24, 2.45) is 0 Å². The third-order valence-corrected chi connectivity index (χ3v) is 6.07. The Kier molecular flexibility index (Phi) is 5.25. The second kappa shape index (κ2) is 8.22. The summed E-state index contributed by atoms with van der Waals surface area (Å²) in [5, 5.41) is 6.87. The zero-order chi connectivity index (χ0) is 22.1. The third-order valence-electron chi connectivity index (χ3n) is 6.07. The highest BCUT2D eigenvalue weighted by atomic mass is 16.7. The minimum absolute atomic E-state index is 0.223. The number of fused-ring (bicyclic) bond motifs is 1. The number of rotatable bonds is 5. The number of nitrogens with zero attached hydrogens (tertiary/aromatic N) is 1. The van der Waals surface area contributed by atoms with E-state index in [2.05, 4.69) is 10.5 Å². The number of nitrogens with one attached hydrogen (secondary N) is 1. The van der Waals surface area contributed by atoms with Crippen LogP contribution in [0.2, 0.25) is 0 Å². The molecule has 5 rings (SSSR count). The van der Waals surface area contributed by atoms with Gasteiger partial charge in [-0.3, -0.25) is 4.79 Å². The van der Waals surface area contributed by atoms with Gasteiger partial charge in [-0.05, 0) is 57.0 Å². The van der Waals surface area contributed by atoms with Crippen LogP contribution in [0.3, 0.4) is 0 Å². The Morgan fingerprint density at radius 1 is 1.06 bits per heavy atom. The van der Waals surface area contributed by atoms with E-state index >= 15 is 0 Å². The van der Waals surface area contributed by atoms with Gasteiger partial charge in [-0.15, -0.1) is 0 Å². The highest BCUT2D eigenvalue weighted by molar-refractivity contribution is 6.04. The van der Waals surface area contributed by atoms with Gasteiger partial charge in [0.25, 0.3) is 11.7 Å². The number of carbonyl (C=O) groups is 1. The molecule has 0 bridgehead atoms. The average Bonchev–Trinajstić information content (AvgIpc) is 3.31. The fraction of sp³-hybridized carbons (Fsp3) is 0.360. The molecule has 166 valence electrons. The maximum absolute atomic E-state index is 12.8. The first kappa shape index (κ1) is 20.4. The minimum Gasteiger partial charge on any atom is -0.489 e. The quantitative estimate of drug-likeness (QED) is 0.567. The first-order valence-electron chi connectivity index (χ1n) is 11.0. The summed E-state index contributed by atoms with van der Waals surface area (Å²) in [6.07, 6.45) is 5.21. The van der Waals surface area contributed by atoms with E-state index in [-0.39, 0.29) is 5.91 Å². The van der Waals surface area contributed by atoms with Crippen LogP contribution in [-0.2, 0) is 6.61 Å². The first-order valence-corrected chi connectivity index (χ1v) is 11.0. The van der Waals surface area contributed by atoms with Crippen LogP contribution in [0.5, 0.6) is 17.2 Å².